The summed E-state index contributed by atoms with van der Waals surface area (Å²) in [5, 5.41) is 22.4. The van der Waals surface area contributed by atoms with Gasteiger partial charge in [0, 0.05) is 36.6 Å². The summed E-state index contributed by atoms with van der Waals surface area (Å²) < 4.78 is 1.92. The molecule has 2 heterocycles. The first-order valence-corrected chi connectivity index (χ1v) is 9.84. The molecule has 0 saturated heterocycles. The highest BCUT2D eigenvalue weighted by atomic mass is 32.2. The summed E-state index contributed by atoms with van der Waals surface area (Å²) in [7, 11) is 0. The normalized spacial score (nSPS) is 11.8. The number of carbonyl (C=O) groups is 1. The predicted molar refractivity (Wildman–Crippen MR) is 111 cm³/mol. The van der Waals surface area contributed by atoms with Gasteiger partial charge >= 0.3 is 0 Å². The van der Waals surface area contributed by atoms with Crippen LogP contribution >= 0.6 is 11.8 Å². The quantitative estimate of drug-likeness (QED) is 0.357. The number of hydrogen-bond donors (Lipinski definition) is 1. The van der Waals surface area contributed by atoms with Crippen molar-refractivity contribution in [2.45, 2.75) is 37.7 Å². The second-order valence-electron chi connectivity index (χ2n) is 6.30. The van der Waals surface area contributed by atoms with E-state index in [0.29, 0.717) is 23.2 Å². The maximum absolute atomic E-state index is 12.7. The molecule has 1 amide bonds. The molecule has 1 unspecified atom stereocenters. The topological polar surface area (TPSA) is 116 Å². The molecule has 0 radical (unpaired) electrons. The fourth-order valence-corrected chi connectivity index (χ4v) is 3.59. The summed E-state index contributed by atoms with van der Waals surface area (Å²) >= 11 is 1.28. The van der Waals surface area contributed by atoms with Crippen LogP contribution in [0.5, 0.6) is 0 Å². The van der Waals surface area contributed by atoms with Crippen molar-refractivity contribution in [1.82, 2.24) is 19.7 Å². The summed E-state index contributed by atoms with van der Waals surface area (Å²) in [6.07, 6.45) is 3.40. The SMILES string of the molecule is CCn1c(SC(C)C(=O)Nc2cc([N+](=O)[O-])ccc2C)nnc1-c1cccnc1. The van der Waals surface area contributed by atoms with E-state index >= 15 is 0 Å². The Morgan fingerprint density at radius 2 is 2.14 bits per heavy atom. The van der Waals surface area contributed by atoms with Gasteiger partial charge in [-0.3, -0.25) is 19.9 Å². The molecule has 0 aliphatic heterocycles. The molecule has 1 N–H and O–H groups in total. The summed E-state index contributed by atoms with van der Waals surface area (Å²) in [5.74, 6) is 0.414. The summed E-state index contributed by atoms with van der Waals surface area (Å²) in [4.78, 5) is 27.3. The van der Waals surface area contributed by atoms with E-state index in [1.54, 1.807) is 32.3 Å². The molecule has 0 saturated carbocycles. The largest absolute Gasteiger partial charge is 0.325 e. The lowest BCUT2D eigenvalue weighted by Gasteiger charge is -2.14. The molecule has 10 heteroatoms. The van der Waals surface area contributed by atoms with Crippen molar-refractivity contribution in [3.05, 3.63) is 58.4 Å². The zero-order chi connectivity index (χ0) is 21.0. The maximum atomic E-state index is 12.7. The molecule has 0 bridgehead atoms. The van der Waals surface area contributed by atoms with E-state index in [-0.39, 0.29) is 11.6 Å². The average Bonchev–Trinajstić information content (AvgIpc) is 3.12. The van der Waals surface area contributed by atoms with Gasteiger partial charge in [-0.2, -0.15) is 0 Å². The summed E-state index contributed by atoms with van der Waals surface area (Å²) in [6.45, 7) is 6.15. The molecule has 0 fully saturated rings. The summed E-state index contributed by atoms with van der Waals surface area (Å²) in [5.41, 5.74) is 1.94. The standard InChI is InChI=1S/C19H20N6O3S/c1-4-24-17(14-6-5-9-20-11-14)22-23-19(24)29-13(3)18(26)21-16-10-15(25(27)28)8-7-12(16)2/h5-11,13H,4H2,1-3H3,(H,21,26). The van der Waals surface area contributed by atoms with Gasteiger partial charge in [-0.15, -0.1) is 10.2 Å². The third-order valence-corrected chi connectivity index (χ3v) is 5.37. The van der Waals surface area contributed by atoms with Gasteiger partial charge in [0.2, 0.25) is 5.91 Å². The van der Waals surface area contributed by atoms with Crippen molar-refractivity contribution in [3.63, 3.8) is 0 Å². The number of hydrogen-bond acceptors (Lipinski definition) is 7. The monoisotopic (exact) mass is 412 g/mol. The lowest BCUT2D eigenvalue weighted by Crippen LogP contribution is -2.23. The van der Waals surface area contributed by atoms with E-state index in [0.717, 1.165) is 11.1 Å². The number of nitro benzene ring substituents is 1. The lowest BCUT2D eigenvalue weighted by atomic mass is 10.2. The van der Waals surface area contributed by atoms with Crippen LogP contribution in [0.4, 0.5) is 11.4 Å². The van der Waals surface area contributed by atoms with Crippen molar-refractivity contribution < 1.29 is 9.72 Å². The molecule has 2 aromatic heterocycles. The number of nitrogens with one attached hydrogen (secondary N) is 1. The highest BCUT2D eigenvalue weighted by Gasteiger charge is 2.21. The Labute approximate surface area is 171 Å². The van der Waals surface area contributed by atoms with Gasteiger partial charge in [0.1, 0.15) is 0 Å². The Bertz CT molecular complexity index is 1040. The van der Waals surface area contributed by atoms with E-state index in [1.165, 1.54) is 23.9 Å². The molecule has 150 valence electrons. The van der Waals surface area contributed by atoms with Crippen LogP contribution in [-0.4, -0.2) is 35.8 Å². The number of nitrogens with zero attached hydrogens (tertiary/aromatic N) is 5. The molecular weight excluding hydrogens is 392 g/mol. The number of aryl methyl sites for hydroxylation is 1. The van der Waals surface area contributed by atoms with Crippen LogP contribution in [0.1, 0.15) is 19.4 Å². The molecule has 0 aliphatic rings. The minimum absolute atomic E-state index is 0.0713. The number of amides is 1. The molecule has 3 aromatic rings. The minimum Gasteiger partial charge on any atom is -0.325 e. The van der Waals surface area contributed by atoms with Gasteiger partial charge < -0.3 is 9.88 Å². The Balaban J connectivity index is 1.76. The first-order valence-electron chi connectivity index (χ1n) is 8.96. The molecule has 3 rings (SSSR count). The van der Waals surface area contributed by atoms with Crippen molar-refractivity contribution in [3.8, 4) is 11.4 Å². The van der Waals surface area contributed by atoms with Gasteiger partial charge in [0.15, 0.2) is 11.0 Å². The molecule has 1 atom stereocenters. The first-order chi connectivity index (χ1) is 13.9. The second kappa shape index (κ2) is 8.82. The number of thioether (sulfide) groups is 1. The number of rotatable bonds is 7. The van der Waals surface area contributed by atoms with E-state index in [2.05, 4.69) is 20.5 Å². The third kappa shape index (κ3) is 4.60. The highest BCUT2D eigenvalue weighted by Crippen LogP contribution is 2.28. The molecule has 29 heavy (non-hydrogen) atoms. The molecular formula is C19H20N6O3S. The number of benzene rings is 1. The van der Waals surface area contributed by atoms with E-state index in [9.17, 15) is 14.9 Å². The molecule has 0 spiro atoms. The van der Waals surface area contributed by atoms with E-state index in [4.69, 9.17) is 0 Å². The van der Waals surface area contributed by atoms with Crippen molar-refractivity contribution >= 4 is 29.0 Å². The van der Waals surface area contributed by atoms with Gasteiger partial charge in [-0.05, 0) is 38.5 Å². The first kappa shape index (κ1) is 20.5. The van der Waals surface area contributed by atoms with Crippen LogP contribution in [0.3, 0.4) is 0 Å². The van der Waals surface area contributed by atoms with Gasteiger partial charge in [-0.1, -0.05) is 17.8 Å². The highest BCUT2D eigenvalue weighted by molar-refractivity contribution is 8.00. The van der Waals surface area contributed by atoms with Crippen molar-refractivity contribution in [2.75, 3.05) is 5.32 Å². The number of aromatic nitrogens is 4. The fourth-order valence-electron chi connectivity index (χ4n) is 2.67. The van der Waals surface area contributed by atoms with E-state index < -0.39 is 10.2 Å². The van der Waals surface area contributed by atoms with Crippen molar-refractivity contribution in [1.29, 1.82) is 0 Å². The Hall–Kier alpha value is -3.27. The van der Waals surface area contributed by atoms with Crippen LogP contribution in [0.15, 0.2) is 47.9 Å². The number of nitro groups is 1. The molecule has 9 nitrogen and oxygen atoms in total. The van der Waals surface area contributed by atoms with Gasteiger partial charge in [-0.25, -0.2) is 0 Å². The number of pyridine rings is 1. The zero-order valence-electron chi connectivity index (χ0n) is 16.2. The minimum atomic E-state index is -0.489. The predicted octanol–water partition coefficient (Wildman–Crippen LogP) is 3.70. The van der Waals surface area contributed by atoms with Crippen molar-refractivity contribution in [2.24, 2.45) is 0 Å². The number of non-ortho nitro benzene ring substituents is 1. The zero-order valence-corrected chi connectivity index (χ0v) is 17.0. The Morgan fingerprint density at radius 3 is 2.79 bits per heavy atom. The maximum Gasteiger partial charge on any atom is 0.271 e. The van der Waals surface area contributed by atoms with Crippen LogP contribution in [0.2, 0.25) is 0 Å². The number of anilines is 1. The number of carbonyl (C=O) groups excluding carboxylic acids is 1. The Kier molecular flexibility index (Phi) is 6.23. The summed E-state index contributed by atoms with van der Waals surface area (Å²) in [6, 6.07) is 8.11. The average molecular weight is 412 g/mol. The molecule has 1 aromatic carbocycles. The smallest absolute Gasteiger partial charge is 0.271 e. The van der Waals surface area contributed by atoms with E-state index in [1.807, 2.05) is 23.6 Å². The lowest BCUT2D eigenvalue weighted by molar-refractivity contribution is -0.384. The fraction of sp³-hybridized carbons (Fsp3) is 0.263. The van der Waals surface area contributed by atoms with Crippen LogP contribution in [0.25, 0.3) is 11.4 Å². The van der Waals surface area contributed by atoms with Gasteiger partial charge in [0.25, 0.3) is 5.69 Å². The Morgan fingerprint density at radius 1 is 1.34 bits per heavy atom. The third-order valence-electron chi connectivity index (χ3n) is 4.29. The van der Waals surface area contributed by atoms with Crippen LogP contribution in [-0.2, 0) is 11.3 Å². The second-order valence-corrected chi connectivity index (χ2v) is 7.61. The van der Waals surface area contributed by atoms with Crippen LogP contribution in [0, 0.1) is 17.0 Å². The van der Waals surface area contributed by atoms with Gasteiger partial charge in [0.05, 0.1) is 15.9 Å². The molecule has 0 aliphatic carbocycles. The van der Waals surface area contributed by atoms with Crippen LogP contribution < -0.4 is 5.32 Å².